The molecule has 0 atom stereocenters. The molecule has 0 bridgehead atoms. The molecule has 0 unspecified atom stereocenters. The van der Waals surface area contributed by atoms with Crippen molar-refractivity contribution in [3.63, 3.8) is 0 Å². The van der Waals surface area contributed by atoms with E-state index in [0.29, 0.717) is 5.75 Å². The van der Waals surface area contributed by atoms with Crippen molar-refractivity contribution in [2.45, 2.75) is 13.8 Å². The normalized spacial score (nSPS) is 10.6. The molecule has 0 saturated heterocycles. The average Bonchev–Trinajstić information content (AvgIpc) is 2.64. The highest BCUT2D eigenvalue weighted by molar-refractivity contribution is 6.08. The van der Waals surface area contributed by atoms with Crippen molar-refractivity contribution in [2.24, 2.45) is 0 Å². The van der Waals surface area contributed by atoms with Crippen molar-refractivity contribution in [3.05, 3.63) is 75.1 Å². The summed E-state index contributed by atoms with van der Waals surface area (Å²) >= 11 is 0. The Morgan fingerprint density at radius 3 is 2.24 bits per heavy atom. The molecular formula is C21H18N2O6. The van der Waals surface area contributed by atoms with E-state index in [1.54, 1.807) is 30.3 Å². The van der Waals surface area contributed by atoms with Gasteiger partial charge in [-0.1, -0.05) is 24.3 Å². The quantitative estimate of drug-likeness (QED) is 0.519. The van der Waals surface area contributed by atoms with Crippen LogP contribution in [0.4, 0.5) is 5.82 Å². The second-order valence-electron chi connectivity index (χ2n) is 6.45. The minimum absolute atomic E-state index is 0.123. The molecular weight excluding hydrogens is 376 g/mol. The van der Waals surface area contributed by atoms with Gasteiger partial charge in [0.2, 0.25) is 0 Å². The summed E-state index contributed by atoms with van der Waals surface area (Å²) < 4.78 is 5.91. The Balaban J connectivity index is 2.30. The number of aromatic carboxylic acids is 2. The van der Waals surface area contributed by atoms with Gasteiger partial charge in [0.15, 0.2) is 0 Å². The number of nitrogens with two attached hydrogens (primary N) is 1. The first-order valence-corrected chi connectivity index (χ1v) is 8.57. The van der Waals surface area contributed by atoms with Crippen LogP contribution >= 0.6 is 0 Å². The molecule has 0 aliphatic carbocycles. The van der Waals surface area contributed by atoms with Crippen LogP contribution in [0, 0.1) is 13.8 Å². The fraction of sp³-hybridized carbons (Fsp3) is 0.0952. The van der Waals surface area contributed by atoms with Crippen molar-refractivity contribution < 1.29 is 24.5 Å². The second-order valence-corrected chi connectivity index (χ2v) is 6.45. The number of aromatic amines is 1. The zero-order valence-electron chi connectivity index (χ0n) is 15.6. The lowest BCUT2D eigenvalue weighted by Gasteiger charge is -2.16. The third-order valence-corrected chi connectivity index (χ3v) is 4.53. The molecule has 0 spiro atoms. The van der Waals surface area contributed by atoms with E-state index in [1.807, 2.05) is 19.9 Å². The van der Waals surface area contributed by atoms with E-state index in [1.165, 1.54) is 6.07 Å². The molecule has 1 heterocycles. The van der Waals surface area contributed by atoms with Crippen LogP contribution in [0.15, 0.2) is 47.3 Å². The number of ether oxygens (including phenoxy) is 1. The van der Waals surface area contributed by atoms with Crippen LogP contribution in [0.3, 0.4) is 0 Å². The van der Waals surface area contributed by atoms with Crippen molar-refractivity contribution in [2.75, 3.05) is 5.73 Å². The molecule has 148 valence electrons. The lowest BCUT2D eigenvalue weighted by molar-refractivity contribution is 0.0695. The van der Waals surface area contributed by atoms with E-state index in [0.717, 1.165) is 11.1 Å². The Labute approximate surface area is 165 Å². The number of carboxylic acids is 2. The molecule has 0 aliphatic heterocycles. The molecule has 2 aromatic carbocycles. The number of hydrogen-bond donors (Lipinski definition) is 4. The number of aryl methyl sites for hydroxylation is 2. The number of H-pyrrole nitrogens is 1. The molecule has 3 rings (SSSR count). The fourth-order valence-electron chi connectivity index (χ4n) is 2.98. The molecule has 5 N–H and O–H groups in total. The summed E-state index contributed by atoms with van der Waals surface area (Å²) in [5, 5.41) is 19.2. The number of pyridine rings is 1. The Hall–Kier alpha value is -4.07. The number of nitrogen functional groups attached to an aromatic ring is 1. The molecule has 0 radical (unpaired) electrons. The third kappa shape index (κ3) is 3.68. The molecule has 0 fully saturated rings. The van der Waals surface area contributed by atoms with Crippen LogP contribution in [0.5, 0.6) is 11.5 Å². The second kappa shape index (κ2) is 7.51. The largest absolute Gasteiger partial charge is 0.478 e. The number of aromatic nitrogens is 1. The van der Waals surface area contributed by atoms with Gasteiger partial charge in [-0.25, -0.2) is 9.59 Å². The SMILES string of the molecule is Cc1ccc(Oc2ccccc2-c2c(C(=O)O)c(N)[nH]c(=O)c2C(=O)O)cc1C. The number of para-hydroxylation sites is 1. The number of nitrogens with one attached hydrogen (secondary N) is 1. The van der Waals surface area contributed by atoms with Crippen LogP contribution < -0.4 is 16.0 Å². The molecule has 3 aromatic rings. The third-order valence-electron chi connectivity index (χ3n) is 4.53. The van der Waals surface area contributed by atoms with Gasteiger partial charge in [0.05, 0.1) is 0 Å². The summed E-state index contributed by atoms with van der Waals surface area (Å²) in [6.45, 7) is 3.86. The van der Waals surface area contributed by atoms with Gasteiger partial charge in [-0.15, -0.1) is 0 Å². The maximum Gasteiger partial charge on any atom is 0.342 e. The molecule has 1 aromatic heterocycles. The zero-order chi connectivity index (χ0) is 21.3. The first-order chi connectivity index (χ1) is 13.7. The summed E-state index contributed by atoms with van der Waals surface area (Å²) in [6, 6.07) is 11.7. The first-order valence-electron chi connectivity index (χ1n) is 8.57. The molecule has 0 saturated carbocycles. The molecule has 8 heteroatoms. The number of benzene rings is 2. The summed E-state index contributed by atoms with van der Waals surface area (Å²) in [4.78, 5) is 37.9. The average molecular weight is 394 g/mol. The maximum absolute atomic E-state index is 12.3. The van der Waals surface area contributed by atoms with Gasteiger partial charge >= 0.3 is 11.9 Å². The van der Waals surface area contributed by atoms with E-state index in [4.69, 9.17) is 10.5 Å². The minimum atomic E-state index is -1.58. The van der Waals surface area contributed by atoms with Crippen LogP contribution in [0.2, 0.25) is 0 Å². The van der Waals surface area contributed by atoms with Gasteiger partial charge in [-0.2, -0.15) is 0 Å². The molecule has 0 aliphatic rings. The van der Waals surface area contributed by atoms with Crippen molar-refractivity contribution in [3.8, 4) is 22.6 Å². The highest BCUT2D eigenvalue weighted by Gasteiger charge is 2.28. The monoisotopic (exact) mass is 394 g/mol. The number of anilines is 1. The van der Waals surface area contributed by atoms with Crippen LogP contribution in [-0.2, 0) is 0 Å². The van der Waals surface area contributed by atoms with Crippen molar-refractivity contribution in [1.29, 1.82) is 0 Å². The summed E-state index contributed by atoms with van der Waals surface area (Å²) in [6.07, 6.45) is 0. The van der Waals surface area contributed by atoms with Crippen LogP contribution in [-0.4, -0.2) is 27.1 Å². The fourth-order valence-corrected chi connectivity index (χ4v) is 2.98. The van der Waals surface area contributed by atoms with Crippen molar-refractivity contribution >= 4 is 17.8 Å². The zero-order valence-corrected chi connectivity index (χ0v) is 15.6. The highest BCUT2D eigenvalue weighted by Crippen LogP contribution is 2.38. The smallest absolute Gasteiger partial charge is 0.342 e. The number of carbonyl (C=O) groups is 2. The van der Waals surface area contributed by atoms with Gasteiger partial charge in [0, 0.05) is 11.1 Å². The molecule has 29 heavy (non-hydrogen) atoms. The lowest BCUT2D eigenvalue weighted by atomic mass is 9.94. The lowest BCUT2D eigenvalue weighted by Crippen LogP contribution is -2.24. The van der Waals surface area contributed by atoms with E-state index in [-0.39, 0.29) is 16.9 Å². The predicted octanol–water partition coefficient (Wildman–Crippen LogP) is 3.43. The summed E-state index contributed by atoms with van der Waals surface area (Å²) in [5.41, 5.74) is 5.31. The van der Waals surface area contributed by atoms with E-state index in [2.05, 4.69) is 4.98 Å². The van der Waals surface area contributed by atoms with E-state index < -0.39 is 34.4 Å². The Morgan fingerprint density at radius 2 is 1.62 bits per heavy atom. The van der Waals surface area contributed by atoms with Gasteiger partial charge < -0.3 is 25.7 Å². The number of carboxylic acid groups (broad SMARTS) is 2. The van der Waals surface area contributed by atoms with Crippen LogP contribution in [0.25, 0.3) is 11.1 Å². The predicted molar refractivity (Wildman–Crippen MR) is 107 cm³/mol. The standard InChI is InChI=1S/C21H18N2O6/c1-10-7-8-12(9-11(10)2)29-14-6-4-3-5-13(14)15-16(20(25)26)18(22)23-19(24)17(15)21(27)28/h3-9H,1-2H3,(H,25,26)(H,27,28)(H3,22,23,24). The minimum Gasteiger partial charge on any atom is -0.478 e. The first kappa shape index (κ1) is 19.7. The van der Waals surface area contributed by atoms with Gasteiger partial charge in [0.25, 0.3) is 5.56 Å². The Bertz CT molecular complexity index is 1200. The number of rotatable bonds is 5. The summed E-state index contributed by atoms with van der Waals surface area (Å²) in [5.74, 6) is -2.83. The maximum atomic E-state index is 12.3. The van der Waals surface area contributed by atoms with Gasteiger partial charge in [-0.3, -0.25) is 4.79 Å². The summed E-state index contributed by atoms with van der Waals surface area (Å²) in [7, 11) is 0. The highest BCUT2D eigenvalue weighted by atomic mass is 16.5. The van der Waals surface area contributed by atoms with E-state index in [9.17, 15) is 24.6 Å². The van der Waals surface area contributed by atoms with E-state index >= 15 is 0 Å². The van der Waals surface area contributed by atoms with Gasteiger partial charge in [0.1, 0.15) is 28.4 Å². The van der Waals surface area contributed by atoms with Gasteiger partial charge in [-0.05, 0) is 43.2 Å². The Kier molecular flexibility index (Phi) is 5.10. The Morgan fingerprint density at radius 1 is 0.966 bits per heavy atom. The van der Waals surface area contributed by atoms with Crippen LogP contribution in [0.1, 0.15) is 31.8 Å². The molecule has 8 nitrogen and oxygen atoms in total. The number of hydrogen-bond acceptors (Lipinski definition) is 5. The topological polar surface area (TPSA) is 143 Å². The molecule has 0 amide bonds. The van der Waals surface area contributed by atoms with Crippen molar-refractivity contribution in [1.82, 2.24) is 4.98 Å².